The van der Waals surface area contributed by atoms with Crippen molar-refractivity contribution < 1.29 is 4.74 Å². The van der Waals surface area contributed by atoms with Crippen LogP contribution in [-0.4, -0.2) is 48.3 Å². The zero-order chi connectivity index (χ0) is 15.7. The second kappa shape index (κ2) is 6.55. The van der Waals surface area contributed by atoms with Crippen molar-refractivity contribution in [1.82, 2.24) is 10.2 Å². The number of nitrogens with zero attached hydrogens (tertiary/aromatic N) is 1. The van der Waals surface area contributed by atoms with Crippen LogP contribution >= 0.6 is 0 Å². The number of hydrogen-bond acceptors (Lipinski definition) is 3. The number of nitrogens with one attached hydrogen (secondary N) is 1. The summed E-state index contributed by atoms with van der Waals surface area (Å²) < 4.78 is 6.44. The van der Waals surface area contributed by atoms with E-state index in [0.717, 1.165) is 12.5 Å². The Morgan fingerprint density at radius 2 is 1.90 bits per heavy atom. The SMILES string of the molecule is CCCNC1C(CN2CCCC(C)C2)C(C)(C)OC1(C)C. The van der Waals surface area contributed by atoms with Gasteiger partial charge in [-0.25, -0.2) is 0 Å². The van der Waals surface area contributed by atoms with E-state index in [4.69, 9.17) is 4.74 Å². The van der Waals surface area contributed by atoms with Gasteiger partial charge < -0.3 is 15.0 Å². The molecule has 21 heavy (non-hydrogen) atoms. The van der Waals surface area contributed by atoms with Crippen molar-refractivity contribution in [3.63, 3.8) is 0 Å². The van der Waals surface area contributed by atoms with Crippen LogP contribution in [0.15, 0.2) is 0 Å². The van der Waals surface area contributed by atoms with Gasteiger partial charge in [-0.05, 0) is 66.0 Å². The molecule has 3 atom stereocenters. The summed E-state index contributed by atoms with van der Waals surface area (Å²) in [5, 5.41) is 3.78. The minimum absolute atomic E-state index is 0.0460. The molecule has 0 saturated carbocycles. The minimum atomic E-state index is -0.0786. The molecule has 0 bridgehead atoms. The lowest BCUT2D eigenvalue weighted by Crippen LogP contribution is -2.52. The Morgan fingerprint density at radius 1 is 1.19 bits per heavy atom. The molecule has 2 saturated heterocycles. The van der Waals surface area contributed by atoms with Gasteiger partial charge >= 0.3 is 0 Å². The molecule has 124 valence electrons. The van der Waals surface area contributed by atoms with Crippen molar-refractivity contribution in [2.45, 2.75) is 78.0 Å². The summed E-state index contributed by atoms with van der Waals surface area (Å²) in [6.07, 6.45) is 3.93. The van der Waals surface area contributed by atoms with Crippen LogP contribution < -0.4 is 5.32 Å². The molecule has 0 spiro atoms. The van der Waals surface area contributed by atoms with Gasteiger partial charge in [0.05, 0.1) is 11.2 Å². The second-order valence-electron chi connectivity index (χ2n) is 8.35. The third-order valence-electron chi connectivity index (χ3n) is 5.38. The van der Waals surface area contributed by atoms with Crippen molar-refractivity contribution in [2.24, 2.45) is 11.8 Å². The van der Waals surface area contributed by atoms with Crippen LogP contribution in [0.5, 0.6) is 0 Å². The van der Waals surface area contributed by atoms with Crippen molar-refractivity contribution in [3.8, 4) is 0 Å². The summed E-state index contributed by atoms with van der Waals surface area (Å²) in [5.41, 5.74) is -0.125. The quantitative estimate of drug-likeness (QED) is 0.842. The summed E-state index contributed by atoms with van der Waals surface area (Å²) in [5.74, 6) is 1.41. The summed E-state index contributed by atoms with van der Waals surface area (Å²) in [6.45, 7) is 18.5. The highest BCUT2D eigenvalue weighted by Gasteiger charge is 2.53. The van der Waals surface area contributed by atoms with Crippen molar-refractivity contribution in [1.29, 1.82) is 0 Å². The maximum atomic E-state index is 6.44. The summed E-state index contributed by atoms with van der Waals surface area (Å²) in [4.78, 5) is 2.67. The maximum absolute atomic E-state index is 6.44. The Labute approximate surface area is 131 Å². The average molecular weight is 296 g/mol. The highest BCUT2D eigenvalue weighted by atomic mass is 16.5. The number of hydrogen-bond donors (Lipinski definition) is 1. The summed E-state index contributed by atoms with van der Waals surface area (Å²) in [6, 6.07) is 0.449. The molecule has 0 amide bonds. The monoisotopic (exact) mass is 296 g/mol. The Kier molecular flexibility index (Phi) is 5.38. The molecule has 2 aliphatic heterocycles. The van der Waals surface area contributed by atoms with E-state index in [1.54, 1.807) is 0 Å². The van der Waals surface area contributed by atoms with E-state index in [1.807, 2.05) is 0 Å². The predicted octanol–water partition coefficient (Wildman–Crippen LogP) is 3.29. The van der Waals surface area contributed by atoms with Gasteiger partial charge in [-0.1, -0.05) is 13.8 Å². The van der Waals surface area contributed by atoms with Crippen LogP contribution in [0.2, 0.25) is 0 Å². The Hall–Kier alpha value is -0.120. The van der Waals surface area contributed by atoms with Gasteiger partial charge in [-0.15, -0.1) is 0 Å². The molecule has 2 aliphatic rings. The molecule has 2 fully saturated rings. The number of ether oxygens (including phenoxy) is 1. The molecule has 3 heteroatoms. The molecule has 0 aromatic heterocycles. The van der Waals surface area contributed by atoms with Crippen molar-refractivity contribution >= 4 is 0 Å². The van der Waals surface area contributed by atoms with Gasteiger partial charge in [0.2, 0.25) is 0 Å². The van der Waals surface area contributed by atoms with E-state index in [9.17, 15) is 0 Å². The third-order valence-corrected chi connectivity index (χ3v) is 5.38. The third kappa shape index (κ3) is 4.00. The fourth-order valence-electron chi connectivity index (χ4n) is 4.45. The zero-order valence-electron chi connectivity index (χ0n) is 15.0. The Morgan fingerprint density at radius 3 is 2.52 bits per heavy atom. The Balaban J connectivity index is 2.08. The molecule has 0 radical (unpaired) electrons. The maximum Gasteiger partial charge on any atom is 0.0790 e. The molecule has 0 aliphatic carbocycles. The molecule has 2 heterocycles. The molecule has 0 aromatic carbocycles. The van der Waals surface area contributed by atoms with Gasteiger partial charge in [-0.2, -0.15) is 0 Å². The van der Waals surface area contributed by atoms with Gasteiger partial charge in [-0.3, -0.25) is 0 Å². The van der Waals surface area contributed by atoms with Crippen LogP contribution in [0.1, 0.15) is 60.8 Å². The molecule has 3 unspecified atom stereocenters. The van der Waals surface area contributed by atoms with E-state index in [0.29, 0.717) is 12.0 Å². The normalized spacial score (nSPS) is 36.0. The Bertz CT molecular complexity index is 340. The van der Waals surface area contributed by atoms with Crippen molar-refractivity contribution in [3.05, 3.63) is 0 Å². The first kappa shape index (κ1) is 17.2. The summed E-state index contributed by atoms with van der Waals surface area (Å²) in [7, 11) is 0. The minimum Gasteiger partial charge on any atom is -0.368 e. The standard InChI is InChI=1S/C18H36N2O/c1-7-10-19-16-15(17(3,4)21-18(16,5)6)13-20-11-8-9-14(2)12-20/h14-16,19H,7-13H2,1-6H3. The smallest absolute Gasteiger partial charge is 0.0790 e. The van der Waals surface area contributed by atoms with Gasteiger partial charge in [0.1, 0.15) is 0 Å². The van der Waals surface area contributed by atoms with Crippen LogP contribution in [0.3, 0.4) is 0 Å². The van der Waals surface area contributed by atoms with Crippen LogP contribution in [0.4, 0.5) is 0 Å². The molecule has 1 N–H and O–H groups in total. The van der Waals surface area contributed by atoms with Crippen molar-refractivity contribution in [2.75, 3.05) is 26.2 Å². The molecule has 3 nitrogen and oxygen atoms in total. The van der Waals surface area contributed by atoms with Gasteiger partial charge in [0, 0.05) is 25.0 Å². The molecule has 2 rings (SSSR count). The molecular weight excluding hydrogens is 260 g/mol. The fraction of sp³-hybridized carbons (Fsp3) is 1.00. The first-order chi connectivity index (χ1) is 9.76. The van der Waals surface area contributed by atoms with E-state index < -0.39 is 0 Å². The largest absolute Gasteiger partial charge is 0.368 e. The van der Waals surface area contributed by atoms with E-state index in [2.05, 4.69) is 51.8 Å². The number of piperidine rings is 1. The van der Waals surface area contributed by atoms with E-state index in [1.165, 1.54) is 38.9 Å². The van der Waals surface area contributed by atoms with Gasteiger partial charge in [0.15, 0.2) is 0 Å². The first-order valence-corrected chi connectivity index (χ1v) is 8.92. The molecule has 0 aromatic rings. The molecular formula is C18H36N2O. The van der Waals surface area contributed by atoms with Gasteiger partial charge in [0.25, 0.3) is 0 Å². The fourth-order valence-corrected chi connectivity index (χ4v) is 4.45. The average Bonchev–Trinajstić information content (AvgIpc) is 2.52. The van der Waals surface area contributed by atoms with Crippen LogP contribution in [0, 0.1) is 11.8 Å². The lowest BCUT2D eigenvalue weighted by Gasteiger charge is -2.38. The topological polar surface area (TPSA) is 24.5 Å². The van der Waals surface area contributed by atoms with Crippen LogP contribution in [-0.2, 0) is 4.74 Å². The predicted molar refractivity (Wildman–Crippen MR) is 89.7 cm³/mol. The lowest BCUT2D eigenvalue weighted by molar-refractivity contribution is -0.0801. The van der Waals surface area contributed by atoms with E-state index in [-0.39, 0.29) is 11.2 Å². The second-order valence-corrected chi connectivity index (χ2v) is 8.35. The lowest BCUT2D eigenvalue weighted by atomic mass is 9.81. The number of likely N-dealkylation sites (tertiary alicyclic amines) is 1. The number of rotatable bonds is 5. The van der Waals surface area contributed by atoms with Crippen LogP contribution in [0.25, 0.3) is 0 Å². The van der Waals surface area contributed by atoms with E-state index >= 15 is 0 Å². The zero-order valence-corrected chi connectivity index (χ0v) is 15.0. The first-order valence-electron chi connectivity index (χ1n) is 8.92. The highest BCUT2D eigenvalue weighted by Crippen LogP contribution is 2.43. The summed E-state index contributed by atoms with van der Waals surface area (Å²) >= 11 is 0. The highest BCUT2D eigenvalue weighted by molar-refractivity contribution is 5.06.